The van der Waals surface area contributed by atoms with E-state index in [1.165, 1.54) is 6.07 Å². The normalized spacial score (nSPS) is 11.2. The van der Waals surface area contributed by atoms with Crippen LogP contribution in [0, 0.1) is 0 Å². The van der Waals surface area contributed by atoms with Crippen LogP contribution in [0.3, 0.4) is 0 Å². The summed E-state index contributed by atoms with van der Waals surface area (Å²) in [5.41, 5.74) is 0. The SMILES string of the molecule is O=[SH](=O)Oc1ccc2cc3cccc(O)c3cc2c1O. The van der Waals surface area contributed by atoms with Crippen molar-refractivity contribution in [3.8, 4) is 17.2 Å². The molecule has 102 valence electrons. The second-order valence-corrected chi connectivity index (χ2v) is 4.93. The summed E-state index contributed by atoms with van der Waals surface area (Å²) in [6, 6.07) is 11.5. The zero-order valence-corrected chi connectivity index (χ0v) is 11.0. The van der Waals surface area contributed by atoms with Gasteiger partial charge in [0.05, 0.1) is 0 Å². The Morgan fingerprint density at radius 3 is 2.40 bits per heavy atom. The number of rotatable bonds is 2. The van der Waals surface area contributed by atoms with Crippen LogP contribution in [-0.2, 0) is 11.0 Å². The van der Waals surface area contributed by atoms with Crippen LogP contribution in [0.1, 0.15) is 0 Å². The van der Waals surface area contributed by atoms with Crippen molar-refractivity contribution in [2.24, 2.45) is 0 Å². The predicted molar refractivity (Wildman–Crippen MR) is 75.7 cm³/mol. The van der Waals surface area contributed by atoms with Crippen LogP contribution in [0.5, 0.6) is 17.2 Å². The first-order chi connectivity index (χ1) is 9.56. The van der Waals surface area contributed by atoms with E-state index in [4.69, 9.17) is 0 Å². The number of thiol groups is 1. The summed E-state index contributed by atoms with van der Waals surface area (Å²) in [6.07, 6.45) is 0. The Balaban J connectivity index is 2.35. The lowest BCUT2D eigenvalue weighted by molar-refractivity contribution is 0.441. The summed E-state index contributed by atoms with van der Waals surface area (Å²) < 4.78 is 25.7. The molecule has 0 aliphatic heterocycles. The fourth-order valence-electron chi connectivity index (χ4n) is 2.20. The van der Waals surface area contributed by atoms with Crippen LogP contribution >= 0.6 is 0 Å². The maximum Gasteiger partial charge on any atom is 0.299 e. The molecule has 0 radical (unpaired) electrons. The Morgan fingerprint density at radius 2 is 1.65 bits per heavy atom. The molecule has 5 nitrogen and oxygen atoms in total. The zero-order valence-electron chi connectivity index (χ0n) is 10.1. The molecule has 6 heteroatoms. The quantitative estimate of drug-likeness (QED) is 0.498. The van der Waals surface area contributed by atoms with Gasteiger partial charge in [0.2, 0.25) is 0 Å². The van der Waals surface area contributed by atoms with E-state index in [1.807, 2.05) is 6.07 Å². The van der Waals surface area contributed by atoms with E-state index in [9.17, 15) is 18.6 Å². The third kappa shape index (κ3) is 2.00. The van der Waals surface area contributed by atoms with Crippen LogP contribution in [-0.4, -0.2) is 18.6 Å². The highest BCUT2D eigenvalue weighted by Crippen LogP contribution is 2.38. The highest BCUT2D eigenvalue weighted by Gasteiger charge is 2.10. The van der Waals surface area contributed by atoms with Crippen molar-refractivity contribution in [3.63, 3.8) is 0 Å². The van der Waals surface area contributed by atoms with Crippen LogP contribution in [0.4, 0.5) is 0 Å². The van der Waals surface area contributed by atoms with Crippen molar-refractivity contribution < 1.29 is 22.8 Å². The highest BCUT2D eigenvalue weighted by molar-refractivity contribution is 7.67. The number of hydrogen-bond donors (Lipinski definition) is 3. The Hall–Kier alpha value is -2.47. The summed E-state index contributed by atoms with van der Waals surface area (Å²) in [7, 11) is -3.10. The van der Waals surface area contributed by atoms with Gasteiger partial charge < -0.3 is 14.4 Å². The van der Waals surface area contributed by atoms with Gasteiger partial charge >= 0.3 is 0 Å². The zero-order chi connectivity index (χ0) is 14.3. The van der Waals surface area contributed by atoms with Gasteiger partial charge in [0.25, 0.3) is 11.0 Å². The van der Waals surface area contributed by atoms with Gasteiger partial charge in [0.1, 0.15) is 5.75 Å². The van der Waals surface area contributed by atoms with Gasteiger partial charge in [0.15, 0.2) is 11.5 Å². The van der Waals surface area contributed by atoms with Gasteiger partial charge in [-0.1, -0.05) is 18.2 Å². The van der Waals surface area contributed by atoms with Crippen LogP contribution in [0.15, 0.2) is 42.5 Å². The molecule has 0 fully saturated rings. The van der Waals surface area contributed by atoms with Crippen molar-refractivity contribution in [3.05, 3.63) is 42.5 Å². The summed E-state index contributed by atoms with van der Waals surface area (Å²) in [5.74, 6) is -0.319. The number of hydrogen-bond acceptors (Lipinski definition) is 5. The van der Waals surface area contributed by atoms with E-state index >= 15 is 0 Å². The number of aromatic hydroxyl groups is 2. The largest absolute Gasteiger partial charge is 0.507 e. The molecule has 0 amide bonds. The maximum absolute atomic E-state index is 10.6. The molecule has 0 bridgehead atoms. The van der Waals surface area contributed by atoms with E-state index in [1.54, 1.807) is 30.3 Å². The molecule has 0 saturated carbocycles. The minimum absolute atomic E-state index is 0.0880. The summed E-state index contributed by atoms with van der Waals surface area (Å²) in [5, 5.41) is 22.4. The molecular formula is C14H10O5S. The highest BCUT2D eigenvalue weighted by atomic mass is 32.2. The molecule has 3 aromatic rings. The molecule has 0 aromatic heterocycles. The molecule has 0 unspecified atom stereocenters. The fourth-order valence-corrected chi connectivity index (χ4v) is 2.51. The first-order valence-electron chi connectivity index (χ1n) is 5.76. The molecule has 0 aliphatic rings. The van der Waals surface area contributed by atoms with Crippen LogP contribution < -0.4 is 4.18 Å². The smallest absolute Gasteiger partial charge is 0.299 e. The van der Waals surface area contributed by atoms with Crippen molar-refractivity contribution in [1.29, 1.82) is 0 Å². The van der Waals surface area contributed by atoms with Crippen molar-refractivity contribution >= 4 is 32.5 Å². The molecule has 3 aromatic carbocycles. The monoisotopic (exact) mass is 290 g/mol. The topological polar surface area (TPSA) is 83.8 Å². The van der Waals surface area contributed by atoms with E-state index in [0.29, 0.717) is 16.2 Å². The van der Waals surface area contributed by atoms with Crippen molar-refractivity contribution in [2.75, 3.05) is 0 Å². The van der Waals surface area contributed by atoms with E-state index in [-0.39, 0.29) is 17.2 Å². The lowest BCUT2D eigenvalue weighted by Crippen LogP contribution is -1.90. The van der Waals surface area contributed by atoms with Gasteiger partial charge in [-0.3, -0.25) is 0 Å². The number of benzene rings is 3. The van der Waals surface area contributed by atoms with Gasteiger partial charge in [-0.2, -0.15) is 8.42 Å². The predicted octanol–water partition coefficient (Wildman–Crippen LogP) is 2.31. The second kappa shape index (κ2) is 4.57. The van der Waals surface area contributed by atoms with Crippen molar-refractivity contribution in [1.82, 2.24) is 0 Å². The Labute approximate surface area is 115 Å². The number of phenols is 2. The molecule has 3 rings (SSSR count). The lowest BCUT2D eigenvalue weighted by atomic mass is 10.0. The Kier molecular flexibility index (Phi) is 2.87. The molecule has 0 heterocycles. The van der Waals surface area contributed by atoms with Gasteiger partial charge in [-0.25, -0.2) is 0 Å². The molecule has 0 atom stereocenters. The number of phenolic OH excluding ortho intramolecular Hbond substituents is 2. The lowest BCUT2D eigenvalue weighted by Gasteiger charge is -2.08. The molecular weight excluding hydrogens is 280 g/mol. The van der Waals surface area contributed by atoms with E-state index in [0.717, 1.165) is 5.39 Å². The van der Waals surface area contributed by atoms with E-state index in [2.05, 4.69) is 4.18 Å². The molecule has 0 spiro atoms. The third-order valence-corrected chi connectivity index (χ3v) is 3.45. The summed E-state index contributed by atoms with van der Waals surface area (Å²) >= 11 is 0. The van der Waals surface area contributed by atoms with Crippen LogP contribution in [0.25, 0.3) is 21.5 Å². The Bertz CT molecular complexity index is 891. The van der Waals surface area contributed by atoms with Crippen LogP contribution in [0.2, 0.25) is 0 Å². The van der Waals surface area contributed by atoms with Gasteiger partial charge in [-0.05, 0) is 35.0 Å². The maximum atomic E-state index is 10.6. The minimum Gasteiger partial charge on any atom is -0.507 e. The molecule has 20 heavy (non-hydrogen) atoms. The average Bonchev–Trinajstić information content (AvgIpc) is 2.41. The summed E-state index contributed by atoms with van der Waals surface area (Å²) in [6.45, 7) is 0. The first kappa shape index (κ1) is 12.6. The molecule has 0 aliphatic carbocycles. The summed E-state index contributed by atoms with van der Waals surface area (Å²) in [4.78, 5) is 0. The average molecular weight is 290 g/mol. The first-order valence-corrected chi connectivity index (χ1v) is 6.85. The van der Waals surface area contributed by atoms with E-state index < -0.39 is 11.0 Å². The third-order valence-electron chi connectivity index (χ3n) is 3.10. The molecule has 2 N–H and O–H groups in total. The van der Waals surface area contributed by atoms with Crippen molar-refractivity contribution in [2.45, 2.75) is 0 Å². The van der Waals surface area contributed by atoms with Gasteiger partial charge in [0, 0.05) is 10.8 Å². The van der Waals surface area contributed by atoms with Gasteiger partial charge in [-0.15, -0.1) is 0 Å². The Morgan fingerprint density at radius 1 is 0.900 bits per heavy atom. The fraction of sp³-hybridized carbons (Fsp3) is 0. The second-order valence-electron chi connectivity index (χ2n) is 4.30. The molecule has 0 saturated heterocycles. The standard InChI is InChI=1S/C14H10O5S/c15-12-3-1-2-8-6-9-4-5-13(19-20(17)18)14(16)11(9)7-10(8)12/h1-7,15-16,20H. The minimum atomic E-state index is -3.10. The number of fused-ring (bicyclic) bond motifs is 2.